The lowest BCUT2D eigenvalue weighted by atomic mass is 9.80. The number of ether oxygens (including phenoxy) is 1. The molecule has 1 aliphatic heterocycles. The molecule has 2 aliphatic carbocycles. The van der Waals surface area contributed by atoms with Crippen LogP contribution in [0.1, 0.15) is 87.0 Å². The van der Waals surface area contributed by atoms with Crippen LogP contribution in [0.4, 0.5) is 4.79 Å². The molecule has 0 aromatic carbocycles. The first-order valence-electron chi connectivity index (χ1n) is 14.5. The highest BCUT2D eigenvalue weighted by Crippen LogP contribution is 2.65. The summed E-state index contributed by atoms with van der Waals surface area (Å²) in [5.41, 5.74) is 5.09. The molecule has 0 aromatic heterocycles. The third-order valence-corrected chi connectivity index (χ3v) is 8.55. The molecule has 4 amide bonds. The van der Waals surface area contributed by atoms with Crippen LogP contribution in [-0.2, 0) is 28.7 Å². The van der Waals surface area contributed by atoms with Gasteiger partial charge in [-0.25, -0.2) is 4.79 Å². The number of fused-ring (bicyclic) bond motifs is 1. The van der Waals surface area contributed by atoms with Gasteiger partial charge in [0.2, 0.25) is 17.6 Å². The number of nitrogens with one attached hydrogen (secondary N) is 2. The summed E-state index contributed by atoms with van der Waals surface area (Å²) in [5.74, 6) is -3.06. The molecule has 0 spiro atoms. The lowest BCUT2D eigenvalue weighted by molar-refractivity contribution is -0.144. The number of piperidine rings is 1. The van der Waals surface area contributed by atoms with Gasteiger partial charge in [0, 0.05) is 13.0 Å². The van der Waals surface area contributed by atoms with Crippen LogP contribution in [0.5, 0.6) is 0 Å². The van der Waals surface area contributed by atoms with Crippen molar-refractivity contribution in [2.45, 2.75) is 111 Å². The van der Waals surface area contributed by atoms with E-state index >= 15 is 0 Å². The third kappa shape index (κ3) is 7.95. The molecule has 1 heterocycles. The van der Waals surface area contributed by atoms with E-state index in [2.05, 4.69) is 10.6 Å². The number of carbonyl (C=O) groups is 6. The van der Waals surface area contributed by atoms with Crippen molar-refractivity contribution in [3.05, 3.63) is 11.6 Å². The maximum atomic E-state index is 13.9. The zero-order chi connectivity index (χ0) is 30.9. The summed E-state index contributed by atoms with van der Waals surface area (Å²) in [4.78, 5) is 78.5. The van der Waals surface area contributed by atoms with E-state index in [1.165, 1.54) is 11.0 Å². The minimum absolute atomic E-state index is 0.0109. The summed E-state index contributed by atoms with van der Waals surface area (Å²) in [6, 6.07) is -3.06. The second kappa shape index (κ2) is 12.3. The van der Waals surface area contributed by atoms with Crippen molar-refractivity contribution in [1.29, 1.82) is 0 Å². The molecular formula is C30H46N4O7. The van der Waals surface area contributed by atoms with Crippen LogP contribution < -0.4 is 16.4 Å². The Hall–Kier alpha value is -3.24. The van der Waals surface area contributed by atoms with Gasteiger partial charge in [-0.15, -0.1) is 0 Å². The molecule has 0 bridgehead atoms. The average molecular weight is 575 g/mol. The Kier molecular flexibility index (Phi) is 9.70. The molecule has 11 heteroatoms. The number of hydrogen-bond donors (Lipinski definition) is 3. The summed E-state index contributed by atoms with van der Waals surface area (Å²) in [5, 5.41) is 5.36. The number of nitrogens with zero attached hydrogens (tertiary/aromatic N) is 1. The Balaban J connectivity index is 1.83. The van der Waals surface area contributed by atoms with E-state index in [0.29, 0.717) is 13.0 Å². The first-order valence-corrected chi connectivity index (χ1v) is 14.5. The summed E-state index contributed by atoms with van der Waals surface area (Å²) in [7, 11) is 0. The highest BCUT2D eigenvalue weighted by Gasteiger charge is 2.69. The number of rotatable bonds is 12. The van der Waals surface area contributed by atoms with E-state index in [4.69, 9.17) is 10.5 Å². The number of amides is 4. The third-order valence-electron chi connectivity index (χ3n) is 8.55. The minimum atomic E-state index is -1.11. The van der Waals surface area contributed by atoms with E-state index in [9.17, 15) is 28.8 Å². The molecule has 228 valence electrons. The van der Waals surface area contributed by atoms with Crippen molar-refractivity contribution in [2.75, 3.05) is 6.54 Å². The van der Waals surface area contributed by atoms with Gasteiger partial charge in [-0.1, -0.05) is 38.7 Å². The molecule has 0 radical (unpaired) electrons. The molecule has 4 N–H and O–H groups in total. The average Bonchev–Trinajstić information content (AvgIpc) is 3.13. The monoisotopic (exact) mass is 574 g/mol. The fourth-order valence-corrected chi connectivity index (χ4v) is 6.12. The molecule has 11 nitrogen and oxygen atoms in total. The number of alkyl carbamates (subject to hydrolysis) is 1. The SMILES string of the molecule is CC(C)=CC(=O)CC[C@H](NC(=O)OC(C)(C)C)C(=O)N1CC2C(C1C(=O)NC(CC1CCC1)C(=O)C(N)=O)C2(C)C. The Morgan fingerprint density at radius 3 is 2.20 bits per heavy atom. The van der Waals surface area contributed by atoms with Gasteiger partial charge in [0.15, 0.2) is 5.78 Å². The zero-order valence-electron chi connectivity index (χ0n) is 25.4. The Bertz CT molecular complexity index is 1110. The van der Waals surface area contributed by atoms with Crippen molar-refractivity contribution in [3.8, 4) is 0 Å². The van der Waals surface area contributed by atoms with Crippen LogP contribution in [0.2, 0.25) is 0 Å². The van der Waals surface area contributed by atoms with E-state index in [0.717, 1.165) is 24.8 Å². The molecule has 41 heavy (non-hydrogen) atoms. The van der Waals surface area contributed by atoms with Gasteiger partial charge in [-0.3, -0.25) is 24.0 Å². The van der Waals surface area contributed by atoms with Crippen LogP contribution in [0.25, 0.3) is 0 Å². The van der Waals surface area contributed by atoms with Gasteiger partial charge >= 0.3 is 6.09 Å². The number of Topliss-reactive ketones (excluding diaryl/α,β-unsaturated/α-hetero) is 1. The van der Waals surface area contributed by atoms with Gasteiger partial charge in [-0.05, 0) is 76.7 Å². The molecule has 0 aromatic rings. The smallest absolute Gasteiger partial charge is 0.408 e. The molecule has 3 rings (SSSR count). The second-order valence-electron chi connectivity index (χ2n) is 13.6. The van der Waals surface area contributed by atoms with E-state index in [-0.39, 0.29) is 41.8 Å². The zero-order valence-corrected chi connectivity index (χ0v) is 25.4. The van der Waals surface area contributed by atoms with Crippen LogP contribution in [0, 0.1) is 23.2 Å². The highest BCUT2D eigenvalue weighted by atomic mass is 16.6. The predicted molar refractivity (Wildman–Crippen MR) is 151 cm³/mol. The molecular weight excluding hydrogens is 528 g/mol. The van der Waals surface area contributed by atoms with Gasteiger partial charge in [0.05, 0.1) is 6.04 Å². The number of allylic oxidation sites excluding steroid dienone is 2. The molecule has 3 fully saturated rings. The minimum Gasteiger partial charge on any atom is -0.444 e. The van der Waals surface area contributed by atoms with Gasteiger partial charge in [-0.2, -0.15) is 0 Å². The number of nitrogens with two attached hydrogens (primary N) is 1. The summed E-state index contributed by atoms with van der Waals surface area (Å²) >= 11 is 0. The Morgan fingerprint density at radius 2 is 1.68 bits per heavy atom. The first kappa shape index (κ1) is 32.3. The summed E-state index contributed by atoms with van der Waals surface area (Å²) in [6.45, 7) is 13.0. The van der Waals surface area contributed by atoms with Gasteiger partial charge in [0.1, 0.15) is 17.7 Å². The van der Waals surface area contributed by atoms with Gasteiger partial charge in [0.25, 0.3) is 5.91 Å². The molecule has 4 unspecified atom stereocenters. The lowest BCUT2D eigenvalue weighted by Gasteiger charge is -2.34. The second-order valence-corrected chi connectivity index (χ2v) is 13.6. The maximum Gasteiger partial charge on any atom is 0.408 e. The molecule has 1 saturated heterocycles. The van der Waals surface area contributed by atoms with E-state index in [1.807, 2.05) is 13.8 Å². The standard InChI is InChI=1S/C30H46N4O7/c1-16(2)13-18(35)11-12-20(33-28(40)41-29(3,4)5)27(39)34-15-19-22(30(19,6)7)23(34)26(38)32-21(24(36)25(31)37)14-17-9-8-10-17/h13,17,19-23H,8-12,14-15H2,1-7H3,(H2,31,37)(H,32,38)(H,33,40)/t19?,20-,21?,22?,23?/m0/s1. The largest absolute Gasteiger partial charge is 0.444 e. The fourth-order valence-electron chi connectivity index (χ4n) is 6.12. The maximum absolute atomic E-state index is 13.9. The predicted octanol–water partition coefficient (Wildman–Crippen LogP) is 2.41. The molecule has 3 aliphatic rings. The first-order chi connectivity index (χ1) is 18.9. The Morgan fingerprint density at radius 1 is 1.05 bits per heavy atom. The van der Waals surface area contributed by atoms with Crippen LogP contribution in [0.15, 0.2) is 11.6 Å². The quantitative estimate of drug-likeness (QED) is 0.238. The Labute approximate surface area is 242 Å². The van der Waals surface area contributed by atoms with Crippen molar-refractivity contribution in [2.24, 2.45) is 28.9 Å². The van der Waals surface area contributed by atoms with E-state index < -0.39 is 53.3 Å². The van der Waals surface area contributed by atoms with Crippen molar-refractivity contribution >= 4 is 35.4 Å². The number of carbonyl (C=O) groups excluding carboxylic acids is 6. The number of ketones is 2. The van der Waals surface area contributed by atoms with Gasteiger partial charge < -0.3 is 26.0 Å². The summed E-state index contributed by atoms with van der Waals surface area (Å²) < 4.78 is 5.37. The number of hydrogen-bond acceptors (Lipinski definition) is 7. The van der Waals surface area contributed by atoms with Crippen LogP contribution >= 0.6 is 0 Å². The highest BCUT2D eigenvalue weighted by molar-refractivity contribution is 6.37. The number of likely N-dealkylation sites (tertiary alicyclic amines) is 1. The number of primary amides is 1. The summed E-state index contributed by atoms with van der Waals surface area (Å²) in [6.07, 6.45) is 3.88. The van der Waals surface area contributed by atoms with Crippen LogP contribution in [-0.4, -0.2) is 70.6 Å². The van der Waals surface area contributed by atoms with Crippen LogP contribution in [0.3, 0.4) is 0 Å². The molecule has 5 atom stereocenters. The lowest BCUT2D eigenvalue weighted by Crippen LogP contribution is -2.58. The van der Waals surface area contributed by atoms with Crippen molar-refractivity contribution in [3.63, 3.8) is 0 Å². The van der Waals surface area contributed by atoms with Crippen molar-refractivity contribution in [1.82, 2.24) is 15.5 Å². The molecule has 2 saturated carbocycles. The van der Waals surface area contributed by atoms with E-state index in [1.54, 1.807) is 34.6 Å². The normalized spacial score (nSPS) is 24.2. The topological polar surface area (TPSA) is 165 Å². The van der Waals surface area contributed by atoms with Crippen molar-refractivity contribution < 1.29 is 33.5 Å². The fraction of sp³-hybridized carbons (Fsp3) is 0.733.